The van der Waals surface area contributed by atoms with Gasteiger partial charge in [-0.15, -0.1) is 11.3 Å². The van der Waals surface area contributed by atoms with Crippen LogP contribution in [0.25, 0.3) is 11.0 Å². The van der Waals surface area contributed by atoms with Gasteiger partial charge in [0.15, 0.2) is 0 Å². The van der Waals surface area contributed by atoms with Gasteiger partial charge in [-0.3, -0.25) is 0 Å². The van der Waals surface area contributed by atoms with Crippen molar-refractivity contribution in [3.8, 4) is 0 Å². The van der Waals surface area contributed by atoms with Crippen LogP contribution in [0.2, 0.25) is 0 Å². The van der Waals surface area contributed by atoms with Gasteiger partial charge in [0.05, 0.1) is 23.4 Å². The Kier molecular flexibility index (Phi) is 2.59. The smallest absolute Gasteiger partial charge is 0.0964 e. The van der Waals surface area contributed by atoms with Crippen molar-refractivity contribution in [1.82, 2.24) is 9.55 Å². The van der Waals surface area contributed by atoms with Crippen molar-refractivity contribution in [1.29, 1.82) is 0 Å². The molecule has 0 bridgehead atoms. The summed E-state index contributed by atoms with van der Waals surface area (Å²) in [6.07, 6.45) is 1.89. The molecule has 2 N–H and O–H groups in total. The zero-order valence-corrected chi connectivity index (χ0v) is 11.2. The van der Waals surface area contributed by atoms with Crippen LogP contribution < -0.4 is 5.73 Å². The van der Waals surface area contributed by atoms with E-state index >= 15 is 0 Å². The third-order valence-electron chi connectivity index (χ3n) is 3.19. The number of benzene rings is 1. The molecule has 1 atom stereocenters. The van der Waals surface area contributed by atoms with Crippen LogP contribution in [-0.4, -0.2) is 9.55 Å². The summed E-state index contributed by atoms with van der Waals surface area (Å²) in [4.78, 5) is 7.11. The third kappa shape index (κ3) is 1.78. The quantitative estimate of drug-likeness (QED) is 0.713. The lowest BCUT2D eigenvalue weighted by Crippen LogP contribution is -2.03. The number of nitrogen functional groups attached to an aromatic ring is 1. The van der Waals surface area contributed by atoms with Crippen molar-refractivity contribution in [2.45, 2.75) is 19.9 Å². The number of hydrogen-bond acceptors (Lipinski definition) is 3. The minimum absolute atomic E-state index is 0.303. The van der Waals surface area contributed by atoms with Gasteiger partial charge in [-0.25, -0.2) is 4.98 Å². The Hall–Kier alpha value is -1.81. The topological polar surface area (TPSA) is 43.8 Å². The first-order valence-corrected chi connectivity index (χ1v) is 6.75. The first-order valence-electron chi connectivity index (χ1n) is 5.93. The fourth-order valence-corrected chi connectivity index (χ4v) is 3.10. The lowest BCUT2D eigenvalue weighted by atomic mass is 10.2. The Balaban J connectivity index is 2.09. The lowest BCUT2D eigenvalue weighted by molar-refractivity contribution is 0.669. The maximum atomic E-state index is 5.78. The average Bonchev–Trinajstić information content (AvgIpc) is 2.94. The number of hydrogen-bond donors (Lipinski definition) is 1. The number of fused-ring (bicyclic) bond motifs is 1. The molecule has 2 aromatic heterocycles. The molecule has 0 aliphatic carbocycles. The molecule has 4 heteroatoms. The van der Waals surface area contributed by atoms with Crippen LogP contribution in [0, 0.1) is 6.92 Å². The van der Waals surface area contributed by atoms with E-state index in [4.69, 9.17) is 5.73 Å². The van der Waals surface area contributed by atoms with Gasteiger partial charge < -0.3 is 10.3 Å². The van der Waals surface area contributed by atoms with Crippen LogP contribution in [-0.2, 0) is 0 Å². The molecular weight excluding hydrogens is 242 g/mol. The van der Waals surface area contributed by atoms with Crippen LogP contribution in [0.15, 0.2) is 36.7 Å². The minimum Gasteiger partial charge on any atom is -0.399 e. The van der Waals surface area contributed by atoms with Crippen molar-refractivity contribution in [2.75, 3.05) is 5.73 Å². The van der Waals surface area contributed by atoms with Crippen LogP contribution in [0.3, 0.4) is 0 Å². The van der Waals surface area contributed by atoms with E-state index in [0.29, 0.717) is 6.04 Å². The van der Waals surface area contributed by atoms with Gasteiger partial charge in [-0.05, 0) is 44.2 Å². The Bertz CT molecular complexity index is 696. The van der Waals surface area contributed by atoms with Crippen LogP contribution in [0.4, 0.5) is 5.69 Å². The molecule has 0 aliphatic heterocycles. The van der Waals surface area contributed by atoms with E-state index in [2.05, 4.69) is 35.5 Å². The number of anilines is 1. The molecule has 3 rings (SSSR count). The van der Waals surface area contributed by atoms with E-state index in [1.54, 1.807) is 0 Å². The highest BCUT2D eigenvalue weighted by atomic mass is 32.1. The van der Waals surface area contributed by atoms with E-state index in [-0.39, 0.29) is 0 Å². The summed E-state index contributed by atoms with van der Waals surface area (Å²) >= 11 is 1.83. The number of rotatable bonds is 2. The zero-order valence-electron chi connectivity index (χ0n) is 10.4. The molecule has 0 radical (unpaired) electrons. The molecular formula is C14H15N3S. The van der Waals surface area contributed by atoms with E-state index in [0.717, 1.165) is 16.7 Å². The van der Waals surface area contributed by atoms with Crippen molar-refractivity contribution < 1.29 is 0 Å². The fourth-order valence-electron chi connectivity index (χ4n) is 2.17. The maximum Gasteiger partial charge on any atom is 0.0964 e. The zero-order chi connectivity index (χ0) is 12.7. The number of imidazole rings is 1. The molecule has 0 spiro atoms. The summed E-state index contributed by atoms with van der Waals surface area (Å²) in [5.41, 5.74) is 8.61. The molecule has 92 valence electrons. The van der Waals surface area contributed by atoms with E-state index < -0.39 is 0 Å². The van der Waals surface area contributed by atoms with E-state index in [1.807, 2.05) is 35.9 Å². The lowest BCUT2D eigenvalue weighted by Gasteiger charge is -2.12. The Morgan fingerprint density at radius 1 is 1.28 bits per heavy atom. The SMILES string of the molecule is Cc1ccc(C(C)n2cnc3cc(N)ccc32)s1. The molecule has 0 fully saturated rings. The summed E-state index contributed by atoms with van der Waals surface area (Å²) in [5, 5.41) is 0. The van der Waals surface area contributed by atoms with Gasteiger partial charge in [0.25, 0.3) is 0 Å². The van der Waals surface area contributed by atoms with Gasteiger partial charge in [0, 0.05) is 15.4 Å². The highest BCUT2D eigenvalue weighted by Crippen LogP contribution is 2.28. The monoisotopic (exact) mass is 257 g/mol. The van der Waals surface area contributed by atoms with Gasteiger partial charge >= 0.3 is 0 Å². The molecule has 0 saturated carbocycles. The first-order chi connectivity index (χ1) is 8.65. The number of aryl methyl sites for hydroxylation is 1. The number of aromatic nitrogens is 2. The molecule has 18 heavy (non-hydrogen) atoms. The number of nitrogens with zero attached hydrogens (tertiary/aromatic N) is 2. The molecule has 1 aromatic carbocycles. The van der Waals surface area contributed by atoms with Crippen molar-refractivity contribution >= 4 is 28.1 Å². The number of thiophene rings is 1. The summed E-state index contributed by atoms with van der Waals surface area (Å²) in [7, 11) is 0. The van der Waals surface area contributed by atoms with Crippen molar-refractivity contribution in [2.24, 2.45) is 0 Å². The molecule has 3 aromatic rings. The molecule has 0 saturated heterocycles. The van der Waals surface area contributed by atoms with Crippen LogP contribution in [0.5, 0.6) is 0 Å². The largest absolute Gasteiger partial charge is 0.399 e. The summed E-state index contributed by atoms with van der Waals surface area (Å²) in [6.45, 7) is 4.33. The van der Waals surface area contributed by atoms with Crippen molar-refractivity contribution in [3.05, 3.63) is 46.4 Å². The predicted octanol–water partition coefficient (Wildman–Crippen LogP) is 3.60. The summed E-state index contributed by atoms with van der Waals surface area (Å²) in [5.74, 6) is 0. The van der Waals surface area contributed by atoms with Gasteiger partial charge in [-0.2, -0.15) is 0 Å². The molecule has 3 nitrogen and oxygen atoms in total. The third-order valence-corrected chi connectivity index (χ3v) is 4.36. The molecule has 0 amide bonds. The second kappa shape index (κ2) is 4.14. The highest BCUT2D eigenvalue weighted by Gasteiger charge is 2.12. The van der Waals surface area contributed by atoms with Crippen LogP contribution >= 0.6 is 11.3 Å². The van der Waals surface area contributed by atoms with Gasteiger partial charge in [0.2, 0.25) is 0 Å². The van der Waals surface area contributed by atoms with E-state index in [9.17, 15) is 0 Å². The summed E-state index contributed by atoms with van der Waals surface area (Å²) < 4.78 is 2.19. The van der Waals surface area contributed by atoms with E-state index in [1.165, 1.54) is 9.75 Å². The van der Waals surface area contributed by atoms with Crippen molar-refractivity contribution in [3.63, 3.8) is 0 Å². The minimum atomic E-state index is 0.303. The first kappa shape index (κ1) is 11.3. The molecule has 2 heterocycles. The highest BCUT2D eigenvalue weighted by molar-refractivity contribution is 7.12. The fraction of sp³-hybridized carbons (Fsp3) is 0.214. The Labute approximate surface area is 110 Å². The predicted molar refractivity (Wildman–Crippen MR) is 77.0 cm³/mol. The normalized spacial score (nSPS) is 13.0. The Morgan fingerprint density at radius 2 is 2.11 bits per heavy atom. The Morgan fingerprint density at radius 3 is 2.83 bits per heavy atom. The maximum absolute atomic E-state index is 5.78. The second-order valence-electron chi connectivity index (χ2n) is 4.52. The standard InChI is InChI=1S/C14H15N3S/c1-9-3-6-14(18-9)10(2)17-8-16-12-7-11(15)4-5-13(12)17/h3-8,10H,15H2,1-2H3. The molecule has 1 unspecified atom stereocenters. The second-order valence-corrected chi connectivity index (χ2v) is 5.84. The van der Waals surface area contributed by atoms with Crippen LogP contribution in [0.1, 0.15) is 22.7 Å². The van der Waals surface area contributed by atoms with Gasteiger partial charge in [0.1, 0.15) is 0 Å². The number of nitrogens with two attached hydrogens (primary N) is 1. The summed E-state index contributed by atoms with van der Waals surface area (Å²) in [6, 6.07) is 10.5. The average molecular weight is 257 g/mol. The van der Waals surface area contributed by atoms with Gasteiger partial charge in [-0.1, -0.05) is 0 Å². The molecule has 0 aliphatic rings.